The zero-order valence-corrected chi connectivity index (χ0v) is 17.9. The largest absolute Gasteiger partial charge is 0.490 e. The van der Waals surface area contributed by atoms with E-state index in [0.29, 0.717) is 34.8 Å². The van der Waals surface area contributed by atoms with E-state index in [-0.39, 0.29) is 11.1 Å². The van der Waals surface area contributed by atoms with E-state index in [0.717, 1.165) is 18.4 Å². The molecule has 0 heterocycles. The van der Waals surface area contributed by atoms with Gasteiger partial charge in [0, 0.05) is 12.1 Å². The molecule has 4 nitrogen and oxygen atoms in total. The lowest BCUT2D eigenvalue weighted by atomic mass is 10.2. The molecule has 0 aliphatic heterocycles. The fourth-order valence-electron chi connectivity index (χ4n) is 2.09. The van der Waals surface area contributed by atoms with Gasteiger partial charge in [-0.25, -0.2) is 0 Å². The van der Waals surface area contributed by atoms with Crippen molar-refractivity contribution >= 4 is 52.6 Å². The molecule has 2 aromatic rings. The number of unbranched alkanes of at least 4 members (excludes halogenated alkanes) is 1. The Kier molecular flexibility index (Phi) is 10.4. The standard InChI is InChI=1S/C20H19Cl4NO3/c21-17-12-16(26-11-8-19(23)24)13-18(22)20(17)27-9-4-5-10-28-25-14-15-6-2-1-3-7-15/h1-3,6-8,12-14H,4-5,9-11H2. The van der Waals surface area contributed by atoms with Gasteiger partial charge in [-0.3, -0.25) is 0 Å². The Morgan fingerprint density at radius 2 is 1.61 bits per heavy atom. The highest BCUT2D eigenvalue weighted by atomic mass is 35.5. The minimum Gasteiger partial charge on any atom is -0.490 e. The smallest absolute Gasteiger partial charge is 0.156 e. The molecular weight excluding hydrogens is 444 g/mol. The number of hydrogen-bond donors (Lipinski definition) is 0. The second-order valence-corrected chi connectivity index (χ2v) is 7.38. The maximum Gasteiger partial charge on any atom is 0.156 e. The molecule has 0 atom stereocenters. The summed E-state index contributed by atoms with van der Waals surface area (Å²) in [6.07, 6.45) is 4.75. The lowest BCUT2D eigenvalue weighted by Crippen LogP contribution is -2.01. The first-order valence-corrected chi connectivity index (χ1v) is 10.0. The van der Waals surface area contributed by atoms with E-state index in [1.54, 1.807) is 18.3 Å². The summed E-state index contributed by atoms with van der Waals surface area (Å²) in [4.78, 5) is 5.23. The van der Waals surface area contributed by atoms with Gasteiger partial charge in [-0.2, -0.15) is 0 Å². The molecule has 0 aromatic heterocycles. The number of ether oxygens (including phenoxy) is 2. The molecule has 0 N–H and O–H groups in total. The van der Waals surface area contributed by atoms with Crippen molar-refractivity contribution in [3.63, 3.8) is 0 Å². The van der Waals surface area contributed by atoms with Crippen molar-refractivity contribution < 1.29 is 14.3 Å². The van der Waals surface area contributed by atoms with Gasteiger partial charge in [-0.15, -0.1) is 0 Å². The Balaban J connectivity index is 1.68. The zero-order valence-electron chi connectivity index (χ0n) is 14.9. The summed E-state index contributed by atoms with van der Waals surface area (Å²) in [5.41, 5.74) is 0.990. The molecule has 0 saturated carbocycles. The number of nitrogens with zero attached hydrogens (tertiary/aromatic N) is 1. The number of rotatable bonds is 11. The molecule has 8 heteroatoms. The fourth-order valence-corrected chi connectivity index (χ4v) is 2.79. The molecular formula is C20H19Cl4NO3. The van der Waals surface area contributed by atoms with Crippen LogP contribution in [0.1, 0.15) is 18.4 Å². The Hall–Kier alpha value is -1.59. The molecule has 28 heavy (non-hydrogen) atoms. The van der Waals surface area contributed by atoms with Crippen LogP contribution in [0.2, 0.25) is 10.0 Å². The molecule has 0 spiro atoms. The maximum absolute atomic E-state index is 6.21. The lowest BCUT2D eigenvalue weighted by Gasteiger charge is -2.12. The molecule has 0 aliphatic carbocycles. The van der Waals surface area contributed by atoms with Gasteiger partial charge in [0.25, 0.3) is 0 Å². The first kappa shape index (κ1) is 22.7. The zero-order chi connectivity index (χ0) is 20.2. The van der Waals surface area contributed by atoms with E-state index in [2.05, 4.69) is 5.16 Å². The van der Waals surface area contributed by atoms with Crippen molar-refractivity contribution in [1.29, 1.82) is 0 Å². The van der Waals surface area contributed by atoms with Crippen LogP contribution in [0.4, 0.5) is 0 Å². The van der Waals surface area contributed by atoms with E-state index >= 15 is 0 Å². The summed E-state index contributed by atoms with van der Waals surface area (Å²) in [6.45, 7) is 1.16. The third-order valence-electron chi connectivity index (χ3n) is 3.41. The third-order valence-corrected chi connectivity index (χ3v) is 4.28. The van der Waals surface area contributed by atoms with Crippen molar-refractivity contribution in [2.24, 2.45) is 5.16 Å². The number of halogens is 4. The highest BCUT2D eigenvalue weighted by molar-refractivity contribution is 6.55. The van der Waals surface area contributed by atoms with Crippen LogP contribution in [0.15, 0.2) is 58.2 Å². The van der Waals surface area contributed by atoms with E-state index < -0.39 is 0 Å². The molecule has 0 saturated heterocycles. The topological polar surface area (TPSA) is 40.0 Å². The minimum atomic E-state index is 0.131. The highest BCUT2D eigenvalue weighted by Gasteiger charge is 2.10. The fraction of sp³-hybridized carbons (Fsp3) is 0.250. The predicted octanol–water partition coefficient (Wildman–Crippen LogP) is 6.90. The Morgan fingerprint density at radius 3 is 2.29 bits per heavy atom. The molecule has 2 aromatic carbocycles. The molecule has 2 rings (SSSR count). The first-order chi connectivity index (χ1) is 13.6. The molecule has 0 unspecified atom stereocenters. The quantitative estimate of drug-likeness (QED) is 0.207. The van der Waals surface area contributed by atoms with Crippen LogP contribution in [-0.4, -0.2) is 26.0 Å². The molecule has 0 aliphatic rings. The van der Waals surface area contributed by atoms with Crippen LogP contribution in [-0.2, 0) is 4.84 Å². The van der Waals surface area contributed by atoms with E-state index in [9.17, 15) is 0 Å². The summed E-state index contributed by atoms with van der Waals surface area (Å²) >= 11 is 23.5. The monoisotopic (exact) mass is 461 g/mol. The Bertz CT molecular complexity index is 770. The predicted molar refractivity (Wildman–Crippen MR) is 116 cm³/mol. The van der Waals surface area contributed by atoms with Crippen molar-refractivity contribution in [1.82, 2.24) is 0 Å². The number of benzene rings is 2. The van der Waals surface area contributed by atoms with Crippen LogP contribution >= 0.6 is 46.4 Å². The summed E-state index contributed by atoms with van der Waals surface area (Å²) in [7, 11) is 0. The van der Waals surface area contributed by atoms with Gasteiger partial charge in [0.05, 0.1) is 22.9 Å². The van der Waals surface area contributed by atoms with Gasteiger partial charge < -0.3 is 14.3 Å². The summed E-state index contributed by atoms with van der Waals surface area (Å²) in [5.74, 6) is 0.919. The summed E-state index contributed by atoms with van der Waals surface area (Å²) < 4.78 is 11.3. The van der Waals surface area contributed by atoms with E-state index in [1.165, 1.54) is 6.08 Å². The van der Waals surface area contributed by atoms with Crippen LogP contribution < -0.4 is 9.47 Å². The van der Waals surface area contributed by atoms with Crippen LogP contribution in [0.25, 0.3) is 0 Å². The second-order valence-electron chi connectivity index (χ2n) is 5.55. The maximum atomic E-state index is 6.21. The first-order valence-electron chi connectivity index (χ1n) is 8.52. The number of oxime groups is 1. The third kappa shape index (κ3) is 8.61. The van der Waals surface area contributed by atoms with Crippen LogP contribution in [0, 0.1) is 0 Å². The SMILES string of the molecule is ClC(Cl)=CCOc1cc(Cl)c(OCCCCON=Cc2ccccc2)c(Cl)c1. The van der Waals surface area contributed by atoms with Gasteiger partial charge in [0.2, 0.25) is 0 Å². The van der Waals surface area contributed by atoms with Gasteiger partial charge >= 0.3 is 0 Å². The second kappa shape index (κ2) is 12.8. The minimum absolute atomic E-state index is 0.131. The van der Waals surface area contributed by atoms with Gasteiger partial charge in [0.1, 0.15) is 23.5 Å². The normalized spacial score (nSPS) is 10.7. The Labute approximate surface area is 184 Å². The van der Waals surface area contributed by atoms with Crippen molar-refractivity contribution in [2.45, 2.75) is 12.8 Å². The highest BCUT2D eigenvalue weighted by Crippen LogP contribution is 2.37. The molecule has 0 radical (unpaired) electrons. The lowest BCUT2D eigenvalue weighted by molar-refractivity contribution is 0.137. The summed E-state index contributed by atoms with van der Waals surface area (Å²) in [6, 6.07) is 13.0. The number of hydrogen-bond acceptors (Lipinski definition) is 4. The van der Waals surface area contributed by atoms with Crippen molar-refractivity contribution in [3.05, 3.63) is 68.6 Å². The van der Waals surface area contributed by atoms with Gasteiger partial charge in [-0.1, -0.05) is 81.9 Å². The average Bonchev–Trinajstić information content (AvgIpc) is 2.66. The van der Waals surface area contributed by atoms with E-state index in [1.807, 2.05) is 30.3 Å². The van der Waals surface area contributed by atoms with E-state index in [4.69, 9.17) is 60.7 Å². The Morgan fingerprint density at radius 1 is 0.929 bits per heavy atom. The molecule has 0 bridgehead atoms. The van der Waals surface area contributed by atoms with Gasteiger partial charge in [-0.05, 0) is 24.5 Å². The van der Waals surface area contributed by atoms with Crippen molar-refractivity contribution in [2.75, 3.05) is 19.8 Å². The molecule has 150 valence electrons. The summed E-state index contributed by atoms with van der Waals surface area (Å²) in [5, 5.41) is 4.66. The van der Waals surface area contributed by atoms with Gasteiger partial charge in [0.15, 0.2) is 5.75 Å². The molecule has 0 amide bonds. The van der Waals surface area contributed by atoms with Crippen LogP contribution in [0.5, 0.6) is 11.5 Å². The average molecular weight is 463 g/mol. The van der Waals surface area contributed by atoms with Crippen LogP contribution in [0.3, 0.4) is 0 Å². The molecule has 0 fully saturated rings. The van der Waals surface area contributed by atoms with Crippen molar-refractivity contribution in [3.8, 4) is 11.5 Å².